The van der Waals surface area contributed by atoms with Crippen molar-refractivity contribution in [3.8, 4) is 0 Å². The molecule has 0 aromatic rings. The van der Waals surface area contributed by atoms with E-state index in [1.807, 2.05) is 18.1 Å². The first-order valence-electron chi connectivity index (χ1n) is 3.61. The third kappa shape index (κ3) is 3.21. The zero-order valence-corrected chi connectivity index (χ0v) is 8.32. The molecule has 0 spiro atoms. The first-order chi connectivity index (χ1) is 6.03. The smallest absolute Gasteiger partial charge is 0.362 e. The topological polar surface area (TPSA) is 59.1 Å². The maximum atomic E-state index is 10.7. The monoisotopic (exact) mass is 208 g/mol. The Hall–Kier alpha value is -0.790. The van der Waals surface area contributed by atoms with E-state index in [0.29, 0.717) is 6.67 Å². The second-order valence-electron chi connectivity index (χ2n) is 2.61. The summed E-state index contributed by atoms with van der Waals surface area (Å²) in [5, 5.41) is 0. The Morgan fingerprint density at radius 1 is 1.46 bits per heavy atom. The van der Waals surface area contributed by atoms with Gasteiger partial charge in [0.25, 0.3) is 0 Å². The fourth-order valence-corrected chi connectivity index (χ4v) is 1.21. The molecular formula is C6H12N2O4S. The molecule has 0 aromatic heterocycles. The molecule has 7 heteroatoms. The van der Waals surface area contributed by atoms with Crippen LogP contribution in [0.15, 0.2) is 12.4 Å². The zero-order chi connectivity index (χ0) is 9.90. The highest BCUT2D eigenvalue weighted by Gasteiger charge is 2.13. The van der Waals surface area contributed by atoms with Crippen molar-refractivity contribution in [3.05, 3.63) is 12.4 Å². The molecule has 0 N–H and O–H groups in total. The van der Waals surface area contributed by atoms with Gasteiger partial charge in [0.05, 0.1) is 13.8 Å². The molecular weight excluding hydrogens is 196 g/mol. The van der Waals surface area contributed by atoms with Gasteiger partial charge in [0, 0.05) is 19.4 Å². The first-order valence-corrected chi connectivity index (χ1v) is 4.94. The average molecular weight is 208 g/mol. The standard InChI is InChI=1S/C6H12N2O4S/c1-7-3-4-8(5-7)6-12-13(9,10)11-2/h3-4H,5-6H2,1-2H3. The minimum atomic E-state index is -3.82. The van der Waals surface area contributed by atoms with E-state index in [1.165, 1.54) is 0 Å². The SMILES string of the molecule is COS(=O)(=O)OCN1C=CN(C)C1. The van der Waals surface area contributed by atoms with Crippen molar-refractivity contribution in [1.82, 2.24) is 9.80 Å². The lowest BCUT2D eigenvalue weighted by Gasteiger charge is -2.16. The van der Waals surface area contributed by atoms with Crippen LogP contribution in [0.25, 0.3) is 0 Å². The van der Waals surface area contributed by atoms with E-state index in [0.717, 1.165) is 7.11 Å². The highest BCUT2D eigenvalue weighted by atomic mass is 32.3. The molecule has 0 radical (unpaired) electrons. The molecule has 1 rings (SSSR count). The molecule has 1 aliphatic rings. The summed E-state index contributed by atoms with van der Waals surface area (Å²) in [6, 6.07) is 0. The van der Waals surface area contributed by atoms with Crippen molar-refractivity contribution in [2.75, 3.05) is 27.6 Å². The van der Waals surface area contributed by atoms with Crippen LogP contribution in [0.5, 0.6) is 0 Å². The van der Waals surface area contributed by atoms with Gasteiger partial charge in [-0.15, -0.1) is 0 Å². The molecule has 0 fully saturated rings. The third-order valence-electron chi connectivity index (χ3n) is 1.50. The number of hydrogen-bond donors (Lipinski definition) is 0. The molecule has 0 aromatic carbocycles. The molecule has 76 valence electrons. The molecule has 6 nitrogen and oxygen atoms in total. The van der Waals surface area contributed by atoms with Gasteiger partial charge in [0.15, 0.2) is 0 Å². The molecule has 13 heavy (non-hydrogen) atoms. The van der Waals surface area contributed by atoms with Crippen molar-refractivity contribution >= 4 is 10.4 Å². The quantitative estimate of drug-likeness (QED) is 0.622. The molecule has 0 bridgehead atoms. The molecule has 0 aliphatic carbocycles. The summed E-state index contributed by atoms with van der Waals surface area (Å²) >= 11 is 0. The zero-order valence-electron chi connectivity index (χ0n) is 7.50. The Labute approximate surface area is 77.7 Å². The Morgan fingerprint density at radius 3 is 2.62 bits per heavy atom. The largest absolute Gasteiger partial charge is 0.401 e. The van der Waals surface area contributed by atoms with E-state index in [1.54, 1.807) is 11.1 Å². The summed E-state index contributed by atoms with van der Waals surface area (Å²) in [4.78, 5) is 3.58. The summed E-state index contributed by atoms with van der Waals surface area (Å²) in [5.74, 6) is 0. The van der Waals surface area contributed by atoms with Crippen LogP contribution in [0.2, 0.25) is 0 Å². The van der Waals surface area contributed by atoms with Crippen molar-refractivity contribution in [3.63, 3.8) is 0 Å². The van der Waals surface area contributed by atoms with E-state index in [9.17, 15) is 8.42 Å². The molecule has 1 heterocycles. The normalized spacial score (nSPS) is 17.1. The van der Waals surface area contributed by atoms with Gasteiger partial charge < -0.3 is 9.80 Å². The molecule has 0 saturated carbocycles. The van der Waals surface area contributed by atoms with Crippen LogP contribution in [0.3, 0.4) is 0 Å². The van der Waals surface area contributed by atoms with E-state index in [4.69, 9.17) is 0 Å². The summed E-state index contributed by atoms with van der Waals surface area (Å²) in [5.41, 5.74) is 0. The lowest BCUT2D eigenvalue weighted by atomic mass is 10.8. The van der Waals surface area contributed by atoms with Crippen LogP contribution < -0.4 is 0 Å². The Morgan fingerprint density at radius 2 is 2.15 bits per heavy atom. The van der Waals surface area contributed by atoms with Crippen LogP contribution in [0.4, 0.5) is 0 Å². The average Bonchev–Trinajstić information content (AvgIpc) is 2.48. The van der Waals surface area contributed by atoms with Crippen LogP contribution in [-0.4, -0.2) is 45.8 Å². The summed E-state index contributed by atoms with van der Waals surface area (Å²) in [6.45, 7) is 0.580. The minimum absolute atomic E-state index is 0.0307. The van der Waals surface area contributed by atoms with E-state index >= 15 is 0 Å². The fraction of sp³-hybridized carbons (Fsp3) is 0.667. The molecule has 0 atom stereocenters. The van der Waals surface area contributed by atoms with E-state index in [2.05, 4.69) is 8.37 Å². The first kappa shape index (κ1) is 10.3. The van der Waals surface area contributed by atoms with Gasteiger partial charge in [0.1, 0.15) is 6.73 Å². The van der Waals surface area contributed by atoms with Gasteiger partial charge in [-0.3, -0.25) is 4.18 Å². The van der Waals surface area contributed by atoms with E-state index in [-0.39, 0.29) is 6.73 Å². The molecule has 0 amide bonds. The fourth-order valence-electron chi connectivity index (χ4n) is 0.853. The second-order valence-corrected chi connectivity index (χ2v) is 3.99. The van der Waals surface area contributed by atoms with Crippen molar-refractivity contribution in [2.24, 2.45) is 0 Å². The van der Waals surface area contributed by atoms with Gasteiger partial charge in [-0.2, -0.15) is 8.42 Å². The summed E-state index contributed by atoms with van der Waals surface area (Å²) < 4.78 is 30.1. The molecule has 0 unspecified atom stereocenters. The van der Waals surface area contributed by atoms with Gasteiger partial charge in [-0.05, 0) is 0 Å². The maximum Gasteiger partial charge on any atom is 0.401 e. The van der Waals surface area contributed by atoms with Crippen molar-refractivity contribution in [2.45, 2.75) is 0 Å². The highest BCUT2D eigenvalue weighted by Crippen LogP contribution is 2.04. The predicted molar refractivity (Wildman–Crippen MR) is 45.5 cm³/mol. The highest BCUT2D eigenvalue weighted by molar-refractivity contribution is 7.81. The maximum absolute atomic E-state index is 10.7. The van der Waals surface area contributed by atoms with Gasteiger partial charge >= 0.3 is 10.4 Å². The Kier molecular flexibility index (Phi) is 3.12. The van der Waals surface area contributed by atoms with Crippen LogP contribution >= 0.6 is 0 Å². The lowest BCUT2D eigenvalue weighted by molar-refractivity contribution is 0.137. The van der Waals surface area contributed by atoms with Crippen LogP contribution in [-0.2, 0) is 18.8 Å². The van der Waals surface area contributed by atoms with Crippen molar-refractivity contribution in [1.29, 1.82) is 0 Å². The van der Waals surface area contributed by atoms with Gasteiger partial charge in [-0.1, -0.05) is 0 Å². The summed E-state index contributed by atoms with van der Waals surface area (Å²) in [6.07, 6.45) is 3.56. The predicted octanol–water partition coefficient (Wildman–Crippen LogP) is -0.472. The third-order valence-corrected chi connectivity index (χ3v) is 2.31. The van der Waals surface area contributed by atoms with E-state index < -0.39 is 10.4 Å². The Bertz CT molecular complexity index is 287. The van der Waals surface area contributed by atoms with Gasteiger partial charge in [0.2, 0.25) is 0 Å². The van der Waals surface area contributed by atoms with Crippen molar-refractivity contribution < 1.29 is 16.8 Å². The Balaban J connectivity index is 2.32. The summed E-state index contributed by atoms with van der Waals surface area (Å²) in [7, 11) is -0.885. The van der Waals surface area contributed by atoms with Gasteiger partial charge in [-0.25, -0.2) is 4.18 Å². The second kappa shape index (κ2) is 3.95. The lowest BCUT2D eigenvalue weighted by Crippen LogP contribution is -2.26. The molecule has 1 aliphatic heterocycles. The number of nitrogens with zero attached hydrogens (tertiary/aromatic N) is 2. The molecule has 0 saturated heterocycles. The number of rotatable bonds is 4. The van der Waals surface area contributed by atoms with Crippen LogP contribution in [0, 0.1) is 0 Å². The van der Waals surface area contributed by atoms with Crippen LogP contribution in [0.1, 0.15) is 0 Å². The number of hydrogen-bond acceptors (Lipinski definition) is 6. The minimum Gasteiger partial charge on any atom is -0.362 e.